The summed E-state index contributed by atoms with van der Waals surface area (Å²) in [4.78, 5) is 10.0. The Morgan fingerprint density at radius 1 is 1.38 bits per heavy atom. The van der Waals surface area contributed by atoms with Gasteiger partial charge in [0, 0.05) is 6.07 Å². The van der Waals surface area contributed by atoms with Gasteiger partial charge < -0.3 is 5.84 Å². The van der Waals surface area contributed by atoms with Gasteiger partial charge in [0.05, 0.1) is 15.4 Å². The van der Waals surface area contributed by atoms with Gasteiger partial charge in [-0.2, -0.15) is 13.2 Å². The van der Waals surface area contributed by atoms with E-state index < -0.39 is 22.4 Å². The Morgan fingerprint density at radius 2 is 2.05 bits per heavy atom. The van der Waals surface area contributed by atoms with E-state index in [1.165, 1.54) is 0 Å². The standard InChI is InChI=1S/C10H8F3N5O2S/c1-5-15-16-9(17(5)14)21-8-3-2-6(10(11,12)13)4-7(8)18(19)20/h2-4H,14H2,1H3. The van der Waals surface area contributed by atoms with Crippen molar-refractivity contribution >= 4 is 17.4 Å². The fourth-order valence-corrected chi connectivity index (χ4v) is 2.32. The van der Waals surface area contributed by atoms with Crippen LogP contribution in [0.5, 0.6) is 0 Å². The molecule has 0 aliphatic rings. The summed E-state index contributed by atoms with van der Waals surface area (Å²) < 4.78 is 38.8. The maximum Gasteiger partial charge on any atom is 0.416 e. The first kappa shape index (κ1) is 15.1. The van der Waals surface area contributed by atoms with Crippen LogP contribution in [0.1, 0.15) is 11.4 Å². The van der Waals surface area contributed by atoms with Gasteiger partial charge in [0.15, 0.2) is 0 Å². The van der Waals surface area contributed by atoms with Crippen LogP contribution in [0.15, 0.2) is 28.3 Å². The highest BCUT2D eigenvalue weighted by Crippen LogP contribution is 2.38. The molecule has 7 nitrogen and oxygen atoms in total. The van der Waals surface area contributed by atoms with Crippen LogP contribution in [0.25, 0.3) is 0 Å². The molecule has 0 fully saturated rings. The molecule has 112 valence electrons. The lowest BCUT2D eigenvalue weighted by molar-refractivity contribution is -0.388. The third-order valence-electron chi connectivity index (χ3n) is 2.52. The van der Waals surface area contributed by atoms with E-state index in [1.807, 2.05) is 0 Å². The molecule has 0 saturated carbocycles. The van der Waals surface area contributed by atoms with Gasteiger partial charge in [0.2, 0.25) is 5.16 Å². The molecule has 1 aromatic heterocycles. The third kappa shape index (κ3) is 3.07. The van der Waals surface area contributed by atoms with E-state index in [0.29, 0.717) is 11.9 Å². The van der Waals surface area contributed by atoms with E-state index >= 15 is 0 Å². The van der Waals surface area contributed by atoms with E-state index in [0.717, 1.165) is 28.6 Å². The number of nitro groups is 1. The smallest absolute Gasteiger partial charge is 0.336 e. The molecule has 21 heavy (non-hydrogen) atoms. The largest absolute Gasteiger partial charge is 0.416 e. The van der Waals surface area contributed by atoms with Crippen molar-refractivity contribution in [1.29, 1.82) is 0 Å². The molecule has 0 saturated heterocycles. The molecule has 0 amide bonds. The zero-order valence-corrected chi connectivity index (χ0v) is 11.3. The van der Waals surface area contributed by atoms with Gasteiger partial charge >= 0.3 is 6.18 Å². The Labute approximate surface area is 120 Å². The average molecular weight is 319 g/mol. The molecule has 2 aromatic rings. The highest BCUT2D eigenvalue weighted by molar-refractivity contribution is 7.99. The first-order chi connectivity index (χ1) is 9.70. The second-order valence-electron chi connectivity index (χ2n) is 3.94. The van der Waals surface area contributed by atoms with Gasteiger partial charge in [-0.05, 0) is 30.8 Å². The fourth-order valence-electron chi connectivity index (χ4n) is 1.44. The molecule has 0 spiro atoms. The monoisotopic (exact) mass is 319 g/mol. The minimum Gasteiger partial charge on any atom is -0.336 e. The van der Waals surface area contributed by atoms with Gasteiger partial charge in [-0.1, -0.05) is 0 Å². The van der Waals surface area contributed by atoms with Gasteiger partial charge in [0.25, 0.3) is 5.69 Å². The molecular weight excluding hydrogens is 311 g/mol. The summed E-state index contributed by atoms with van der Waals surface area (Å²) in [5.74, 6) is 5.96. The van der Waals surface area contributed by atoms with Gasteiger partial charge in [-0.3, -0.25) is 10.1 Å². The SMILES string of the molecule is Cc1nnc(Sc2ccc(C(F)(F)F)cc2[N+](=O)[O-])n1N. The number of benzene rings is 1. The number of nitro benzene ring substituents is 1. The second kappa shape index (κ2) is 5.24. The Hall–Kier alpha value is -2.30. The van der Waals surface area contributed by atoms with E-state index in [1.54, 1.807) is 6.92 Å². The Kier molecular flexibility index (Phi) is 3.77. The van der Waals surface area contributed by atoms with Crippen molar-refractivity contribution in [3.05, 3.63) is 39.7 Å². The number of hydrogen-bond acceptors (Lipinski definition) is 6. The molecule has 2 N–H and O–H groups in total. The summed E-state index contributed by atoms with van der Waals surface area (Å²) in [7, 11) is 0. The maximum atomic E-state index is 12.6. The molecule has 0 aliphatic heterocycles. The zero-order chi connectivity index (χ0) is 15.8. The Balaban J connectivity index is 2.44. The molecule has 0 atom stereocenters. The molecule has 0 bridgehead atoms. The Bertz CT molecular complexity index is 700. The second-order valence-corrected chi connectivity index (χ2v) is 4.95. The normalized spacial score (nSPS) is 11.6. The Morgan fingerprint density at radius 3 is 2.52 bits per heavy atom. The summed E-state index contributed by atoms with van der Waals surface area (Å²) in [6.45, 7) is 1.57. The van der Waals surface area contributed by atoms with Crippen LogP contribution in [-0.2, 0) is 6.18 Å². The zero-order valence-electron chi connectivity index (χ0n) is 10.5. The van der Waals surface area contributed by atoms with E-state index in [4.69, 9.17) is 5.84 Å². The van der Waals surface area contributed by atoms with Crippen molar-refractivity contribution in [1.82, 2.24) is 14.9 Å². The molecular formula is C10H8F3N5O2S. The number of halogens is 3. The third-order valence-corrected chi connectivity index (χ3v) is 3.55. The number of nitrogens with two attached hydrogens (primary N) is 1. The summed E-state index contributed by atoms with van der Waals surface area (Å²) in [5, 5.41) is 18.4. The van der Waals surface area contributed by atoms with Gasteiger partial charge in [0.1, 0.15) is 5.82 Å². The summed E-state index contributed by atoms with van der Waals surface area (Å²) in [6.07, 6.45) is -4.65. The van der Waals surface area contributed by atoms with E-state index in [2.05, 4.69) is 10.2 Å². The van der Waals surface area contributed by atoms with Crippen molar-refractivity contribution in [2.24, 2.45) is 0 Å². The molecule has 11 heteroatoms. The maximum absolute atomic E-state index is 12.6. The molecule has 1 heterocycles. The van der Waals surface area contributed by atoms with E-state index in [-0.39, 0.29) is 10.1 Å². The van der Waals surface area contributed by atoms with Crippen LogP contribution in [0.4, 0.5) is 18.9 Å². The van der Waals surface area contributed by atoms with E-state index in [9.17, 15) is 23.3 Å². The van der Waals surface area contributed by atoms with Crippen molar-refractivity contribution < 1.29 is 18.1 Å². The number of nitrogens with zero attached hydrogens (tertiary/aromatic N) is 4. The minimum absolute atomic E-state index is 0.00731. The minimum atomic E-state index is -4.65. The van der Waals surface area contributed by atoms with Crippen LogP contribution in [0.2, 0.25) is 0 Å². The lowest BCUT2D eigenvalue weighted by Crippen LogP contribution is -2.11. The first-order valence-electron chi connectivity index (χ1n) is 5.40. The number of rotatable bonds is 3. The molecule has 0 unspecified atom stereocenters. The molecule has 1 aromatic carbocycles. The summed E-state index contributed by atoms with van der Waals surface area (Å²) in [6, 6.07) is 2.25. The average Bonchev–Trinajstić information content (AvgIpc) is 2.69. The lowest BCUT2D eigenvalue weighted by Gasteiger charge is -2.08. The number of alkyl halides is 3. The molecule has 0 aliphatic carbocycles. The topological polar surface area (TPSA) is 99.9 Å². The summed E-state index contributed by atoms with van der Waals surface area (Å²) >= 11 is 0.765. The lowest BCUT2D eigenvalue weighted by atomic mass is 10.2. The van der Waals surface area contributed by atoms with Crippen LogP contribution in [0, 0.1) is 17.0 Å². The van der Waals surface area contributed by atoms with Crippen LogP contribution >= 0.6 is 11.8 Å². The summed E-state index contributed by atoms with van der Waals surface area (Å²) in [5.41, 5.74) is -1.76. The number of aryl methyl sites for hydroxylation is 1. The van der Waals surface area contributed by atoms with Crippen LogP contribution in [-0.4, -0.2) is 19.8 Å². The predicted molar refractivity (Wildman–Crippen MR) is 67.1 cm³/mol. The number of nitrogen functional groups attached to an aromatic ring is 1. The number of hydrogen-bond donors (Lipinski definition) is 1. The first-order valence-corrected chi connectivity index (χ1v) is 6.22. The molecule has 2 rings (SSSR count). The van der Waals surface area contributed by atoms with Crippen LogP contribution < -0.4 is 5.84 Å². The van der Waals surface area contributed by atoms with Gasteiger partial charge in [-0.15, -0.1) is 10.2 Å². The molecule has 0 radical (unpaired) electrons. The number of aromatic nitrogens is 3. The highest BCUT2D eigenvalue weighted by atomic mass is 32.2. The highest BCUT2D eigenvalue weighted by Gasteiger charge is 2.33. The van der Waals surface area contributed by atoms with Gasteiger partial charge in [-0.25, -0.2) is 4.68 Å². The van der Waals surface area contributed by atoms with Crippen molar-refractivity contribution in [3.8, 4) is 0 Å². The van der Waals surface area contributed by atoms with Crippen molar-refractivity contribution in [2.75, 3.05) is 5.84 Å². The predicted octanol–water partition coefficient (Wildman–Crippen LogP) is 2.38. The fraction of sp³-hybridized carbons (Fsp3) is 0.200. The van der Waals surface area contributed by atoms with Crippen LogP contribution in [0.3, 0.4) is 0 Å². The van der Waals surface area contributed by atoms with Crippen molar-refractivity contribution in [3.63, 3.8) is 0 Å². The quantitative estimate of drug-likeness (QED) is 0.529. The van der Waals surface area contributed by atoms with Crippen molar-refractivity contribution in [2.45, 2.75) is 23.2 Å².